The van der Waals surface area contributed by atoms with E-state index in [0.717, 1.165) is 43.4 Å². The predicted molar refractivity (Wildman–Crippen MR) is 77.8 cm³/mol. The topological polar surface area (TPSA) is 51.1 Å². The van der Waals surface area contributed by atoms with Crippen molar-refractivity contribution in [3.8, 4) is 11.4 Å². The minimum absolute atomic E-state index is 0.681. The molecule has 0 atom stereocenters. The number of hydrogen-bond acceptors (Lipinski definition) is 5. The van der Waals surface area contributed by atoms with Crippen LogP contribution in [0.25, 0.3) is 11.4 Å². The third kappa shape index (κ3) is 2.63. The van der Waals surface area contributed by atoms with Gasteiger partial charge in [0.05, 0.1) is 13.2 Å². The van der Waals surface area contributed by atoms with Gasteiger partial charge in [0.25, 0.3) is 0 Å². The molecule has 20 heavy (non-hydrogen) atoms. The van der Waals surface area contributed by atoms with Crippen LogP contribution in [0.3, 0.4) is 0 Å². The molecule has 2 aromatic rings. The Morgan fingerprint density at radius 2 is 1.90 bits per heavy atom. The average Bonchev–Trinajstić information content (AvgIpc) is 2.48. The van der Waals surface area contributed by atoms with Crippen LogP contribution >= 0.6 is 0 Å². The second-order valence-electron chi connectivity index (χ2n) is 5.01. The summed E-state index contributed by atoms with van der Waals surface area (Å²) in [5.41, 5.74) is 3.06. The molecule has 0 amide bonds. The van der Waals surface area contributed by atoms with E-state index in [-0.39, 0.29) is 0 Å². The Hall–Kier alpha value is -2.01. The van der Waals surface area contributed by atoms with Crippen LogP contribution in [0.15, 0.2) is 24.3 Å². The molecule has 0 spiro atoms. The highest BCUT2D eigenvalue weighted by Gasteiger charge is 2.17. The summed E-state index contributed by atoms with van der Waals surface area (Å²) in [5.74, 6) is 1.60. The van der Waals surface area contributed by atoms with Crippen molar-refractivity contribution in [1.82, 2.24) is 15.2 Å². The Bertz CT molecular complexity index is 609. The maximum absolute atomic E-state index is 5.39. The van der Waals surface area contributed by atoms with E-state index in [2.05, 4.69) is 34.2 Å². The minimum Gasteiger partial charge on any atom is -0.378 e. The van der Waals surface area contributed by atoms with Gasteiger partial charge in [0.1, 0.15) is 5.69 Å². The molecule has 104 valence electrons. The fourth-order valence-corrected chi connectivity index (χ4v) is 2.35. The molecule has 0 bridgehead atoms. The van der Waals surface area contributed by atoms with Gasteiger partial charge >= 0.3 is 0 Å². The lowest BCUT2D eigenvalue weighted by atomic mass is 10.1. The zero-order valence-electron chi connectivity index (χ0n) is 11.8. The van der Waals surface area contributed by atoms with Crippen molar-refractivity contribution in [3.63, 3.8) is 0 Å². The lowest BCUT2D eigenvalue weighted by molar-refractivity contribution is 0.122. The first-order valence-electron chi connectivity index (χ1n) is 6.85. The average molecular weight is 270 g/mol. The summed E-state index contributed by atoms with van der Waals surface area (Å²) >= 11 is 0. The highest BCUT2D eigenvalue weighted by Crippen LogP contribution is 2.21. The fourth-order valence-electron chi connectivity index (χ4n) is 2.35. The van der Waals surface area contributed by atoms with Crippen molar-refractivity contribution >= 4 is 5.82 Å². The lowest BCUT2D eigenvalue weighted by Gasteiger charge is -2.28. The van der Waals surface area contributed by atoms with Crippen molar-refractivity contribution < 1.29 is 4.74 Å². The Morgan fingerprint density at radius 1 is 1.10 bits per heavy atom. The monoisotopic (exact) mass is 270 g/mol. The molecule has 0 saturated carbocycles. The van der Waals surface area contributed by atoms with Crippen LogP contribution < -0.4 is 4.90 Å². The summed E-state index contributed by atoms with van der Waals surface area (Å²) in [5, 5.41) is 8.49. The van der Waals surface area contributed by atoms with E-state index in [4.69, 9.17) is 9.72 Å². The van der Waals surface area contributed by atoms with Gasteiger partial charge in [-0.2, -0.15) is 0 Å². The minimum atomic E-state index is 0.681. The Kier molecular flexibility index (Phi) is 3.60. The van der Waals surface area contributed by atoms with Crippen molar-refractivity contribution in [2.45, 2.75) is 13.8 Å². The van der Waals surface area contributed by atoms with Crippen molar-refractivity contribution in [3.05, 3.63) is 35.5 Å². The smallest absolute Gasteiger partial charge is 0.183 e. The molecule has 5 nitrogen and oxygen atoms in total. The molecule has 0 aliphatic carbocycles. The SMILES string of the molecule is Cc1cccc(-c2nnc(C)c(N3CCOCC3)n2)c1. The highest BCUT2D eigenvalue weighted by molar-refractivity contribution is 5.58. The number of nitrogens with zero attached hydrogens (tertiary/aromatic N) is 4. The Balaban J connectivity index is 1.97. The van der Waals surface area contributed by atoms with Gasteiger partial charge in [-0.05, 0) is 19.9 Å². The molecule has 0 unspecified atom stereocenters. The van der Waals surface area contributed by atoms with Crippen LogP contribution in [0.1, 0.15) is 11.3 Å². The van der Waals surface area contributed by atoms with Crippen molar-refractivity contribution in [2.75, 3.05) is 31.2 Å². The van der Waals surface area contributed by atoms with Gasteiger partial charge in [0.15, 0.2) is 11.6 Å². The van der Waals surface area contributed by atoms with Gasteiger partial charge in [-0.3, -0.25) is 0 Å². The highest BCUT2D eigenvalue weighted by atomic mass is 16.5. The fraction of sp³-hybridized carbons (Fsp3) is 0.400. The first-order valence-corrected chi connectivity index (χ1v) is 6.85. The van der Waals surface area contributed by atoms with Crippen molar-refractivity contribution in [1.29, 1.82) is 0 Å². The first-order chi connectivity index (χ1) is 9.74. The zero-order chi connectivity index (χ0) is 13.9. The van der Waals surface area contributed by atoms with Crippen molar-refractivity contribution in [2.24, 2.45) is 0 Å². The van der Waals surface area contributed by atoms with Gasteiger partial charge in [-0.15, -0.1) is 10.2 Å². The Morgan fingerprint density at radius 3 is 2.65 bits per heavy atom. The van der Waals surface area contributed by atoms with Crippen LogP contribution in [-0.4, -0.2) is 41.5 Å². The lowest BCUT2D eigenvalue weighted by Crippen LogP contribution is -2.37. The summed E-state index contributed by atoms with van der Waals surface area (Å²) in [7, 11) is 0. The van der Waals surface area contributed by atoms with E-state index in [1.165, 1.54) is 5.56 Å². The van der Waals surface area contributed by atoms with Crippen LogP contribution in [0, 0.1) is 13.8 Å². The molecule has 0 N–H and O–H groups in total. The molecule has 0 radical (unpaired) electrons. The molecule has 1 aromatic carbocycles. The molecule has 1 aromatic heterocycles. The van der Waals surface area contributed by atoms with Crippen LogP contribution in [0.4, 0.5) is 5.82 Å². The molecule has 1 aliphatic heterocycles. The van der Waals surface area contributed by atoms with E-state index < -0.39 is 0 Å². The number of aromatic nitrogens is 3. The molecule has 1 fully saturated rings. The molecule has 1 aliphatic rings. The standard InChI is InChI=1S/C15H18N4O/c1-11-4-3-5-13(10-11)14-16-15(12(2)17-18-14)19-6-8-20-9-7-19/h3-5,10H,6-9H2,1-2H3. The number of rotatable bonds is 2. The van der Waals surface area contributed by atoms with E-state index in [1.54, 1.807) is 0 Å². The molecule has 2 heterocycles. The van der Waals surface area contributed by atoms with Crippen LogP contribution in [0.2, 0.25) is 0 Å². The van der Waals surface area contributed by atoms with E-state index >= 15 is 0 Å². The molecule has 1 saturated heterocycles. The van der Waals surface area contributed by atoms with Gasteiger partial charge in [0.2, 0.25) is 0 Å². The van der Waals surface area contributed by atoms with Crippen LogP contribution in [-0.2, 0) is 4.74 Å². The molecular weight excluding hydrogens is 252 g/mol. The molecule has 3 rings (SSSR count). The normalized spacial score (nSPS) is 15.4. The second kappa shape index (κ2) is 5.54. The predicted octanol–water partition coefficient (Wildman–Crippen LogP) is 1.99. The number of morpholine rings is 1. The number of anilines is 1. The maximum Gasteiger partial charge on any atom is 0.183 e. The zero-order valence-corrected chi connectivity index (χ0v) is 11.8. The number of ether oxygens (including phenoxy) is 1. The largest absolute Gasteiger partial charge is 0.378 e. The summed E-state index contributed by atoms with van der Waals surface area (Å²) in [6, 6.07) is 8.17. The van der Waals surface area contributed by atoms with E-state index in [1.807, 2.05) is 19.1 Å². The number of aryl methyl sites for hydroxylation is 2. The van der Waals surface area contributed by atoms with Gasteiger partial charge in [0, 0.05) is 18.7 Å². The van der Waals surface area contributed by atoms with Gasteiger partial charge in [-0.25, -0.2) is 4.98 Å². The Labute approximate surface area is 118 Å². The third-order valence-corrected chi connectivity index (χ3v) is 3.42. The number of hydrogen-bond donors (Lipinski definition) is 0. The first kappa shape index (κ1) is 13.0. The summed E-state index contributed by atoms with van der Waals surface area (Å²) < 4.78 is 5.39. The molecular formula is C15H18N4O. The molecule has 5 heteroatoms. The summed E-state index contributed by atoms with van der Waals surface area (Å²) in [6.45, 7) is 7.20. The summed E-state index contributed by atoms with van der Waals surface area (Å²) in [4.78, 5) is 6.92. The summed E-state index contributed by atoms with van der Waals surface area (Å²) in [6.07, 6.45) is 0. The van der Waals surface area contributed by atoms with Gasteiger partial charge < -0.3 is 9.64 Å². The second-order valence-corrected chi connectivity index (χ2v) is 5.01. The quantitative estimate of drug-likeness (QED) is 0.835. The van der Waals surface area contributed by atoms with Gasteiger partial charge in [-0.1, -0.05) is 23.8 Å². The van der Waals surface area contributed by atoms with E-state index in [9.17, 15) is 0 Å². The van der Waals surface area contributed by atoms with E-state index in [0.29, 0.717) is 5.82 Å². The third-order valence-electron chi connectivity index (χ3n) is 3.42. The number of benzene rings is 1. The van der Waals surface area contributed by atoms with Crippen LogP contribution in [0.5, 0.6) is 0 Å². The maximum atomic E-state index is 5.39.